The first-order chi connectivity index (χ1) is 13.0. The van der Waals surface area contributed by atoms with Crippen LogP contribution in [0.15, 0.2) is 48.7 Å². The van der Waals surface area contributed by atoms with E-state index in [-0.39, 0.29) is 18.4 Å². The Hall–Kier alpha value is -3.48. The third-order valence-electron chi connectivity index (χ3n) is 4.08. The van der Waals surface area contributed by atoms with E-state index < -0.39 is 0 Å². The van der Waals surface area contributed by atoms with Crippen LogP contribution in [0.5, 0.6) is 11.5 Å². The average molecular weight is 367 g/mol. The molecule has 1 aromatic heterocycles. The molecule has 1 heterocycles. The number of amides is 2. The van der Waals surface area contributed by atoms with Crippen molar-refractivity contribution in [1.29, 1.82) is 0 Å². The molecule has 7 nitrogen and oxygen atoms in total. The SMILES string of the molecule is COc1cc(OC)c2ccn(CC(=O)Nc3ccc(NC(C)=O)cc3)c2c1. The molecule has 0 unspecified atom stereocenters. The van der Waals surface area contributed by atoms with Crippen molar-refractivity contribution < 1.29 is 19.1 Å². The first-order valence-electron chi connectivity index (χ1n) is 8.38. The van der Waals surface area contributed by atoms with Crippen molar-refractivity contribution in [1.82, 2.24) is 4.57 Å². The molecule has 3 aromatic rings. The summed E-state index contributed by atoms with van der Waals surface area (Å²) < 4.78 is 12.5. The summed E-state index contributed by atoms with van der Waals surface area (Å²) in [6.07, 6.45) is 1.84. The average Bonchev–Trinajstić information content (AvgIpc) is 3.04. The van der Waals surface area contributed by atoms with Crippen LogP contribution in [0.3, 0.4) is 0 Å². The van der Waals surface area contributed by atoms with Crippen LogP contribution in [0.4, 0.5) is 11.4 Å². The van der Waals surface area contributed by atoms with Gasteiger partial charge in [0.1, 0.15) is 18.0 Å². The van der Waals surface area contributed by atoms with Crippen LogP contribution < -0.4 is 20.1 Å². The van der Waals surface area contributed by atoms with Crippen LogP contribution in [0.2, 0.25) is 0 Å². The number of anilines is 2. The van der Waals surface area contributed by atoms with E-state index in [0.717, 1.165) is 10.9 Å². The molecular weight excluding hydrogens is 346 g/mol. The summed E-state index contributed by atoms with van der Waals surface area (Å²) in [5.74, 6) is 1.05. The number of ether oxygens (including phenoxy) is 2. The molecule has 7 heteroatoms. The second kappa shape index (κ2) is 7.82. The van der Waals surface area contributed by atoms with Gasteiger partial charge in [-0.3, -0.25) is 9.59 Å². The van der Waals surface area contributed by atoms with Gasteiger partial charge in [-0.15, -0.1) is 0 Å². The lowest BCUT2D eigenvalue weighted by molar-refractivity contribution is -0.116. The summed E-state index contributed by atoms with van der Waals surface area (Å²) in [6.45, 7) is 1.59. The minimum absolute atomic E-state index is 0.142. The second-order valence-electron chi connectivity index (χ2n) is 6.01. The third-order valence-corrected chi connectivity index (χ3v) is 4.08. The summed E-state index contributed by atoms with van der Waals surface area (Å²) in [4.78, 5) is 23.5. The van der Waals surface area contributed by atoms with E-state index in [0.29, 0.717) is 22.9 Å². The van der Waals surface area contributed by atoms with Crippen LogP contribution in [-0.4, -0.2) is 30.6 Å². The van der Waals surface area contributed by atoms with Gasteiger partial charge in [0.2, 0.25) is 11.8 Å². The maximum Gasteiger partial charge on any atom is 0.244 e. The Morgan fingerprint density at radius 1 is 0.963 bits per heavy atom. The number of carbonyl (C=O) groups excluding carboxylic acids is 2. The highest BCUT2D eigenvalue weighted by Gasteiger charge is 2.12. The fourth-order valence-corrected chi connectivity index (χ4v) is 2.86. The van der Waals surface area contributed by atoms with Gasteiger partial charge in [-0.25, -0.2) is 0 Å². The smallest absolute Gasteiger partial charge is 0.244 e. The zero-order valence-corrected chi connectivity index (χ0v) is 15.4. The van der Waals surface area contributed by atoms with E-state index in [1.165, 1.54) is 6.92 Å². The van der Waals surface area contributed by atoms with E-state index in [1.54, 1.807) is 38.5 Å². The molecule has 2 aromatic carbocycles. The van der Waals surface area contributed by atoms with Gasteiger partial charge >= 0.3 is 0 Å². The monoisotopic (exact) mass is 367 g/mol. The molecule has 0 aliphatic heterocycles. The molecule has 0 aliphatic carbocycles. The molecule has 0 saturated carbocycles. The molecule has 0 fully saturated rings. The number of nitrogens with one attached hydrogen (secondary N) is 2. The van der Waals surface area contributed by atoms with Crippen LogP contribution >= 0.6 is 0 Å². The van der Waals surface area contributed by atoms with Crippen LogP contribution in [0, 0.1) is 0 Å². The maximum atomic E-state index is 12.4. The number of hydrogen-bond acceptors (Lipinski definition) is 4. The number of benzene rings is 2. The number of carbonyl (C=O) groups is 2. The van der Waals surface area contributed by atoms with Crippen LogP contribution in [0.25, 0.3) is 10.9 Å². The number of fused-ring (bicyclic) bond motifs is 1. The Morgan fingerprint density at radius 3 is 2.22 bits per heavy atom. The summed E-state index contributed by atoms with van der Waals surface area (Å²) in [6, 6.07) is 12.5. The van der Waals surface area contributed by atoms with Crippen molar-refractivity contribution in [3.63, 3.8) is 0 Å². The van der Waals surface area contributed by atoms with Crippen molar-refractivity contribution in [3.05, 3.63) is 48.7 Å². The molecule has 2 amide bonds. The summed E-state index contributed by atoms with van der Waals surface area (Å²) in [7, 11) is 3.19. The standard InChI is InChI=1S/C20H21N3O4/c1-13(24)21-14-4-6-15(7-5-14)22-20(25)12-23-9-8-17-18(23)10-16(26-2)11-19(17)27-3/h4-11H,12H2,1-3H3,(H,21,24)(H,22,25). The molecule has 0 bridgehead atoms. The Kier molecular flexibility index (Phi) is 5.30. The van der Waals surface area contributed by atoms with Gasteiger partial charge in [0.05, 0.1) is 19.7 Å². The summed E-state index contributed by atoms with van der Waals surface area (Å²) >= 11 is 0. The fraction of sp³-hybridized carbons (Fsp3) is 0.200. The first-order valence-corrected chi connectivity index (χ1v) is 8.38. The van der Waals surface area contributed by atoms with Crippen LogP contribution in [-0.2, 0) is 16.1 Å². The number of methoxy groups -OCH3 is 2. The molecule has 2 N–H and O–H groups in total. The highest BCUT2D eigenvalue weighted by atomic mass is 16.5. The third kappa shape index (κ3) is 4.20. The van der Waals surface area contributed by atoms with E-state index in [1.807, 2.05) is 29.0 Å². The van der Waals surface area contributed by atoms with E-state index in [9.17, 15) is 9.59 Å². The number of hydrogen-bond donors (Lipinski definition) is 2. The van der Waals surface area contributed by atoms with Gasteiger partial charge < -0.3 is 24.7 Å². The second-order valence-corrected chi connectivity index (χ2v) is 6.01. The lowest BCUT2D eigenvalue weighted by Gasteiger charge is -2.10. The lowest BCUT2D eigenvalue weighted by Crippen LogP contribution is -2.18. The quantitative estimate of drug-likeness (QED) is 0.701. The number of nitrogens with zero attached hydrogens (tertiary/aromatic N) is 1. The maximum absolute atomic E-state index is 12.4. The molecule has 0 saturated heterocycles. The highest BCUT2D eigenvalue weighted by Crippen LogP contribution is 2.31. The zero-order chi connectivity index (χ0) is 19.4. The number of aromatic nitrogens is 1. The van der Waals surface area contributed by atoms with Crippen molar-refractivity contribution in [2.75, 3.05) is 24.9 Å². The molecule has 0 atom stereocenters. The minimum atomic E-state index is -0.165. The van der Waals surface area contributed by atoms with Crippen molar-refractivity contribution in [2.24, 2.45) is 0 Å². The molecule has 140 valence electrons. The molecular formula is C20H21N3O4. The van der Waals surface area contributed by atoms with E-state index in [2.05, 4.69) is 10.6 Å². The topological polar surface area (TPSA) is 81.6 Å². The van der Waals surface area contributed by atoms with Crippen LogP contribution in [0.1, 0.15) is 6.92 Å². The molecule has 3 rings (SSSR count). The van der Waals surface area contributed by atoms with Gasteiger partial charge in [-0.2, -0.15) is 0 Å². The van der Waals surface area contributed by atoms with E-state index >= 15 is 0 Å². The fourth-order valence-electron chi connectivity index (χ4n) is 2.86. The molecule has 0 aliphatic rings. The molecule has 0 radical (unpaired) electrons. The molecule has 0 spiro atoms. The Bertz CT molecular complexity index is 977. The first kappa shape index (κ1) is 18.3. The summed E-state index contributed by atoms with van der Waals surface area (Å²) in [5, 5.41) is 6.44. The lowest BCUT2D eigenvalue weighted by atomic mass is 10.2. The van der Waals surface area contributed by atoms with Crippen molar-refractivity contribution in [3.8, 4) is 11.5 Å². The summed E-state index contributed by atoms with van der Waals surface area (Å²) in [5.41, 5.74) is 2.18. The normalized spacial score (nSPS) is 10.5. The minimum Gasteiger partial charge on any atom is -0.497 e. The predicted octanol–water partition coefficient (Wildman–Crippen LogP) is 3.26. The Balaban J connectivity index is 1.75. The largest absolute Gasteiger partial charge is 0.497 e. The van der Waals surface area contributed by atoms with Gasteiger partial charge in [-0.05, 0) is 30.3 Å². The molecule has 27 heavy (non-hydrogen) atoms. The van der Waals surface area contributed by atoms with Gasteiger partial charge in [0.25, 0.3) is 0 Å². The van der Waals surface area contributed by atoms with Gasteiger partial charge in [0.15, 0.2) is 0 Å². The van der Waals surface area contributed by atoms with Gasteiger partial charge in [-0.1, -0.05) is 0 Å². The van der Waals surface area contributed by atoms with Crippen molar-refractivity contribution >= 4 is 34.1 Å². The van der Waals surface area contributed by atoms with Crippen molar-refractivity contribution in [2.45, 2.75) is 13.5 Å². The highest BCUT2D eigenvalue weighted by molar-refractivity contribution is 5.94. The van der Waals surface area contributed by atoms with Gasteiger partial charge in [0, 0.05) is 42.0 Å². The Labute approximate surface area is 156 Å². The number of rotatable bonds is 6. The predicted molar refractivity (Wildman–Crippen MR) is 104 cm³/mol. The Morgan fingerprint density at radius 2 is 1.63 bits per heavy atom. The zero-order valence-electron chi connectivity index (χ0n) is 15.4. The van der Waals surface area contributed by atoms with E-state index in [4.69, 9.17) is 9.47 Å².